The highest BCUT2D eigenvalue weighted by Crippen LogP contribution is 2.25. The Hall–Kier alpha value is -2.04. The smallest absolute Gasteiger partial charge is 0.0713 e. The van der Waals surface area contributed by atoms with Crippen LogP contribution in [0.1, 0.15) is 36.9 Å². The normalized spacial score (nSPS) is 16.7. The van der Waals surface area contributed by atoms with E-state index in [0.717, 1.165) is 31.6 Å². The second-order valence-electron chi connectivity index (χ2n) is 6.81. The Morgan fingerprint density at radius 3 is 2.56 bits per heavy atom. The van der Waals surface area contributed by atoms with Crippen LogP contribution in [0.3, 0.4) is 0 Å². The van der Waals surface area contributed by atoms with Crippen LogP contribution in [0.25, 0.3) is 0 Å². The maximum atomic E-state index is 9.64. The van der Waals surface area contributed by atoms with Gasteiger partial charge in [-0.25, -0.2) is 0 Å². The first-order chi connectivity index (χ1) is 12.2. The lowest BCUT2D eigenvalue weighted by Gasteiger charge is -2.31. The lowest BCUT2D eigenvalue weighted by Crippen LogP contribution is -2.35. The van der Waals surface area contributed by atoms with Crippen molar-refractivity contribution in [2.75, 3.05) is 30.4 Å². The molecular formula is C21H28N2O2. The summed E-state index contributed by atoms with van der Waals surface area (Å²) < 4.78 is 5.20. The van der Waals surface area contributed by atoms with Gasteiger partial charge in [-0.15, -0.1) is 0 Å². The van der Waals surface area contributed by atoms with Crippen LogP contribution in [0.4, 0.5) is 11.4 Å². The van der Waals surface area contributed by atoms with E-state index in [0.29, 0.717) is 6.61 Å². The summed E-state index contributed by atoms with van der Waals surface area (Å²) in [4.78, 5) is 2.35. The molecule has 0 bridgehead atoms. The minimum Gasteiger partial charge on any atom is -0.393 e. The van der Waals surface area contributed by atoms with Crippen molar-refractivity contribution >= 4 is 11.4 Å². The van der Waals surface area contributed by atoms with E-state index in [1.807, 2.05) is 0 Å². The fraction of sp³-hybridized carbons (Fsp3) is 0.429. The van der Waals surface area contributed by atoms with Crippen molar-refractivity contribution in [1.29, 1.82) is 0 Å². The number of nitrogens with one attached hydrogen (secondary N) is 1. The zero-order valence-electron chi connectivity index (χ0n) is 15.1. The monoisotopic (exact) mass is 340 g/mol. The molecule has 0 aromatic heterocycles. The molecule has 2 N–H and O–H groups in total. The summed E-state index contributed by atoms with van der Waals surface area (Å²) in [5.74, 6) is 0. The molecule has 1 atom stereocenters. The number of ether oxygens (including phenoxy) is 1. The Morgan fingerprint density at radius 2 is 1.88 bits per heavy atom. The summed E-state index contributed by atoms with van der Waals surface area (Å²) in [7, 11) is 1.72. The van der Waals surface area contributed by atoms with E-state index in [4.69, 9.17) is 4.74 Å². The Bertz CT molecular complexity index is 664. The molecule has 2 aromatic rings. The van der Waals surface area contributed by atoms with Crippen LogP contribution in [0.2, 0.25) is 0 Å². The third-order valence-corrected chi connectivity index (χ3v) is 4.84. The van der Waals surface area contributed by atoms with E-state index in [2.05, 4.69) is 65.7 Å². The van der Waals surface area contributed by atoms with Crippen LogP contribution in [-0.4, -0.2) is 31.4 Å². The SMILES string of the molecule is COCc1cccc(NC(C)c2ccc(N3CCC(O)CC3)cc2)c1. The third-order valence-electron chi connectivity index (χ3n) is 4.84. The molecule has 3 rings (SSSR count). The number of benzene rings is 2. The molecule has 0 radical (unpaired) electrons. The topological polar surface area (TPSA) is 44.7 Å². The number of hydrogen-bond acceptors (Lipinski definition) is 4. The fourth-order valence-electron chi connectivity index (χ4n) is 3.35. The van der Waals surface area contributed by atoms with Gasteiger partial charge in [0.05, 0.1) is 12.7 Å². The van der Waals surface area contributed by atoms with Gasteiger partial charge in [-0.05, 0) is 55.2 Å². The highest BCUT2D eigenvalue weighted by Gasteiger charge is 2.17. The van der Waals surface area contributed by atoms with Gasteiger partial charge in [0.15, 0.2) is 0 Å². The number of aliphatic hydroxyl groups excluding tert-OH is 1. The molecular weight excluding hydrogens is 312 g/mol. The highest BCUT2D eigenvalue weighted by molar-refractivity contribution is 5.51. The maximum absolute atomic E-state index is 9.64. The predicted molar refractivity (Wildman–Crippen MR) is 103 cm³/mol. The van der Waals surface area contributed by atoms with Crippen molar-refractivity contribution in [3.63, 3.8) is 0 Å². The lowest BCUT2D eigenvalue weighted by atomic mass is 10.0. The molecule has 4 nitrogen and oxygen atoms in total. The number of hydrogen-bond donors (Lipinski definition) is 2. The van der Waals surface area contributed by atoms with Crippen LogP contribution in [0.5, 0.6) is 0 Å². The quantitative estimate of drug-likeness (QED) is 0.835. The van der Waals surface area contributed by atoms with Crippen molar-refractivity contribution in [3.8, 4) is 0 Å². The molecule has 1 fully saturated rings. The van der Waals surface area contributed by atoms with E-state index in [1.54, 1.807) is 7.11 Å². The Balaban J connectivity index is 1.62. The number of anilines is 2. The van der Waals surface area contributed by atoms with Gasteiger partial charge in [-0.1, -0.05) is 24.3 Å². The van der Waals surface area contributed by atoms with Crippen molar-refractivity contribution in [1.82, 2.24) is 0 Å². The summed E-state index contributed by atoms with van der Waals surface area (Å²) in [6.07, 6.45) is 1.59. The standard InChI is InChI=1S/C21H28N2O2/c1-16(22-19-5-3-4-17(14-19)15-25-2)18-6-8-20(9-7-18)23-12-10-21(24)11-13-23/h3-9,14,16,21-22,24H,10-13,15H2,1-2H3. The van der Waals surface area contributed by atoms with Gasteiger partial charge in [-0.3, -0.25) is 0 Å². The van der Waals surface area contributed by atoms with Crippen LogP contribution in [0.15, 0.2) is 48.5 Å². The van der Waals surface area contributed by atoms with E-state index < -0.39 is 0 Å². The van der Waals surface area contributed by atoms with E-state index in [1.165, 1.54) is 16.8 Å². The number of methoxy groups -OCH3 is 1. The summed E-state index contributed by atoms with van der Waals surface area (Å²) in [5, 5.41) is 13.2. The molecule has 1 saturated heterocycles. The molecule has 0 spiro atoms. The maximum Gasteiger partial charge on any atom is 0.0713 e. The molecule has 0 saturated carbocycles. The lowest BCUT2D eigenvalue weighted by molar-refractivity contribution is 0.145. The van der Waals surface area contributed by atoms with Crippen LogP contribution >= 0.6 is 0 Å². The highest BCUT2D eigenvalue weighted by atomic mass is 16.5. The Kier molecular flexibility index (Phi) is 5.95. The summed E-state index contributed by atoms with van der Waals surface area (Å²) in [6.45, 7) is 4.67. The zero-order chi connectivity index (χ0) is 17.6. The second kappa shape index (κ2) is 8.37. The van der Waals surface area contributed by atoms with Gasteiger partial charge < -0.3 is 20.1 Å². The summed E-state index contributed by atoms with van der Waals surface area (Å²) in [5.41, 5.74) is 4.78. The molecule has 134 valence electrons. The van der Waals surface area contributed by atoms with E-state index in [-0.39, 0.29) is 12.1 Å². The second-order valence-corrected chi connectivity index (χ2v) is 6.81. The van der Waals surface area contributed by atoms with Gasteiger partial charge in [-0.2, -0.15) is 0 Å². The van der Waals surface area contributed by atoms with E-state index in [9.17, 15) is 5.11 Å². The minimum absolute atomic E-state index is 0.131. The first kappa shape index (κ1) is 17.8. The van der Waals surface area contributed by atoms with Crippen molar-refractivity contribution in [3.05, 3.63) is 59.7 Å². The molecule has 4 heteroatoms. The molecule has 1 unspecified atom stereocenters. The van der Waals surface area contributed by atoms with Gasteiger partial charge >= 0.3 is 0 Å². The largest absolute Gasteiger partial charge is 0.393 e. The first-order valence-electron chi connectivity index (χ1n) is 9.03. The molecule has 1 aliphatic rings. The first-order valence-corrected chi connectivity index (χ1v) is 9.03. The predicted octanol–water partition coefficient (Wildman–Crippen LogP) is 3.97. The average Bonchev–Trinajstić information content (AvgIpc) is 2.63. The molecule has 2 aromatic carbocycles. The van der Waals surface area contributed by atoms with Gasteiger partial charge in [0.25, 0.3) is 0 Å². The van der Waals surface area contributed by atoms with Crippen molar-refractivity contribution in [2.24, 2.45) is 0 Å². The third kappa shape index (κ3) is 4.74. The van der Waals surface area contributed by atoms with Crippen molar-refractivity contribution < 1.29 is 9.84 Å². The number of rotatable bonds is 6. The van der Waals surface area contributed by atoms with Gasteiger partial charge in [0.1, 0.15) is 0 Å². The van der Waals surface area contributed by atoms with Crippen LogP contribution in [-0.2, 0) is 11.3 Å². The van der Waals surface area contributed by atoms with Gasteiger partial charge in [0.2, 0.25) is 0 Å². The zero-order valence-corrected chi connectivity index (χ0v) is 15.1. The Morgan fingerprint density at radius 1 is 1.16 bits per heavy atom. The van der Waals surface area contributed by atoms with Gasteiger partial charge in [0, 0.05) is 37.6 Å². The number of aliphatic hydroxyl groups is 1. The number of piperidine rings is 1. The molecule has 0 aliphatic carbocycles. The Labute approximate surface area is 150 Å². The summed E-state index contributed by atoms with van der Waals surface area (Å²) >= 11 is 0. The molecule has 25 heavy (non-hydrogen) atoms. The molecule has 1 aliphatic heterocycles. The van der Waals surface area contributed by atoms with Crippen molar-refractivity contribution in [2.45, 2.75) is 38.5 Å². The fourth-order valence-corrected chi connectivity index (χ4v) is 3.35. The minimum atomic E-state index is -0.131. The molecule has 1 heterocycles. The summed E-state index contributed by atoms with van der Waals surface area (Å²) in [6, 6.07) is 17.3. The van der Waals surface area contributed by atoms with Crippen LogP contribution < -0.4 is 10.2 Å². The number of nitrogens with zero attached hydrogens (tertiary/aromatic N) is 1. The molecule has 0 amide bonds. The van der Waals surface area contributed by atoms with E-state index >= 15 is 0 Å². The average molecular weight is 340 g/mol. The van der Waals surface area contributed by atoms with Crippen LogP contribution in [0, 0.1) is 0 Å².